The number of rotatable bonds is 23. The molecule has 0 radical (unpaired) electrons. The lowest BCUT2D eigenvalue weighted by Crippen LogP contribution is -2.40. The van der Waals surface area contributed by atoms with Crippen LogP contribution in [0.15, 0.2) is 0 Å². The fraction of sp³-hybridized carbons (Fsp3) is 0.880. The van der Waals surface area contributed by atoms with E-state index >= 15 is 0 Å². The minimum absolute atomic E-state index is 0.0533. The molecule has 2 heterocycles. The Kier molecular flexibility index (Phi) is 33.3. The predicted octanol–water partition coefficient (Wildman–Crippen LogP) is 8.03. The Labute approximate surface area is 384 Å². The monoisotopic (exact) mass is 895 g/mol. The van der Waals surface area contributed by atoms with Crippen LogP contribution in [0, 0.1) is 11.8 Å². The third-order valence-electron chi connectivity index (χ3n) is 11.2. The average molecular weight is 895 g/mol. The van der Waals surface area contributed by atoms with Crippen molar-refractivity contribution in [2.45, 2.75) is 195 Å². The lowest BCUT2D eigenvalue weighted by Gasteiger charge is -2.25. The van der Waals surface area contributed by atoms with Crippen LogP contribution in [0.1, 0.15) is 178 Å². The zero-order chi connectivity index (χ0) is 47.8. The number of Topliss-reactive ketones (excluding diaryl/α,β-unsaturated/α-hetero) is 4. The van der Waals surface area contributed by atoms with Crippen molar-refractivity contribution >= 4 is 35.1 Å². The van der Waals surface area contributed by atoms with Crippen LogP contribution < -0.4 is 5.32 Å². The zero-order valence-corrected chi connectivity index (χ0v) is 42.3. The summed E-state index contributed by atoms with van der Waals surface area (Å²) in [6, 6.07) is -0.302. The summed E-state index contributed by atoms with van der Waals surface area (Å²) in [5, 5.41) is 3.03. The molecule has 63 heavy (non-hydrogen) atoms. The Balaban J connectivity index is 0.00000109. The minimum Gasteiger partial charge on any atom is -0.460 e. The van der Waals surface area contributed by atoms with Gasteiger partial charge in [-0.1, -0.05) is 33.1 Å². The molecule has 2 rings (SSSR count). The molecule has 1 N–H and O–H groups in total. The van der Waals surface area contributed by atoms with Crippen LogP contribution in [0.5, 0.6) is 0 Å². The van der Waals surface area contributed by atoms with Crippen molar-refractivity contribution in [3.05, 3.63) is 0 Å². The van der Waals surface area contributed by atoms with Gasteiger partial charge in [0, 0.05) is 50.7 Å². The molecular weight excluding hydrogens is 801 g/mol. The molecule has 0 aromatic rings. The SMILES string of the molecule is C1CCOC1.CCC(=O)CC1CCCCN(C)CCCCC(CCC(=O)OC(C)(C)C)C1=O.CCC(=O)CN(C)CCCCN(C)CCCCC(NCC(=O)OC(C)(C)C)C(C)=O. The van der Waals surface area contributed by atoms with Gasteiger partial charge in [-0.2, -0.15) is 0 Å². The molecule has 0 aromatic heterocycles. The Morgan fingerprint density at radius 1 is 0.730 bits per heavy atom. The first-order chi connectivity index (χ1) is 29.6. The Morgan fingerprint density at radius 3 is 1.73 bits per heavy atom. The van der Waals surface area contributed by atoms with Gasteiger partial charge in [-0.05, 0) is 173 Å². The van der Waals surface area contributed by atoms with Gasteiger partial charge in [0.15, 0.2) is 0 Å². The molecule has 2 saturated heterocycles. The second-order valence-electron chi connectivity index (χ2n) is 19.9. The van der Waals surface area contributed by atoms with Crippen LogP contribution in [-0.2, 0) is 43.0 Å². The van der Waals surface area contributed by atoms with Crippen LogP contribution in [0.25, 0.3) is 0 Å². The van der Waals surface area contributed by atoms with Crippen molar-refractivity contribution in [3.8, 4) is 0 Å². The number of ketones is 4. The molecule has 0 aromatic carbocycles. The smallest absolute Gasteiger partial charge is 0.320 e. The van der Waals surface area contributed by atoms with Crippen LogP contribution in [0.4, 0.5) is 0 Å². The number of unbranched alkanes of at least 4 members (excludes halogenated alkanes) is 2. The van der Waals surface area contributed by atoms with E-state index in [1.807, 2.05) is 62.4 Å². The van der Waals surface area contributed by atoms with Crippen LogP contribution in [-0.4, -0.2) is 147 Å². The van der Waals surface area contributed by atoms with Gasteiger partial charge in [-0.15, -0.1) is 0 Å². The Morgan fingerprint density at radius 2 is 1.24 bits per heavy atom. The van der Waals surface area contributed by atoms with E-state index in [4.69, 9.17) is 14.2 Å². The van der Waals surface area contributed by atoms with E-state index in [9.17, 15) is 28.8 Å². The number of hydrogen-bond donors (Lipinski definition) is 1. The molecule has 3 unspecified atom stereocenters. The fourth-order valence-corrected chi connectivity index (χ4v) is 7.51. The third-order valence-corrected chi connectivity index (χ3v) is 11.2. The largest absolute Gasteiger partial charge is 0.460 e. The van der Waals surface area contributed by atoms with Crippen LogP contribution in [0.3, 0.4) is 0 Å². The summed E-state index contributed by atoms with van der Waals surface area (Å²) >= 11 is 0. The maximum atomic E-state index is 13.3. The van der Waals surface area contributed by atoms with Crippen LogP contribution >= 0.6 is 0 Å². The van der Waals surface area contributed by atoms with E-state index in [-0.39, 0.29) is 60.1 Å². The molecule has 0 spiro atoms. The minimum atomic E-state index is -0.516. The molecule has 3 atom stereocenters. The second kappa shape index (κ2) is 34.7. The van der Waals surface area contributed by atoms with Gasteiger partial charge in [0.2, 0.25) is 0 Å². The summed E-state index contributed by atoms with van der Waals surface area (Å²) in [7, 11) is 6.27. The highest BCUT2D eigenvalue weighted by Crippen LogP contribution is 2.27. The van der Waals surface area contributed by atoms with Gasteiger partial charge in [0.1, 0.15) is 34.3 Å². The summed E-state index contributed by atoms with van der Waals surface area (Å²) in [6.07, 6.45) is 15.3. The van der Waals surface area contributed by atoms with E-state index in [1.54, 1.807) is 6.92 Å². The molecule has 0 aliphatic carbocycles. The molecule has 2 aliphatic rings. The van der Waals surface area contributed by atoms with E-state index in [1.165, 1.54) is 12.8 Å². The number of hydrogen-bond acceptors (Lipinski definition) is 13. The van der Waals surface area contributed by atoms with Crippen molar-refractivity contribution in [2.24, 2.45) is 11.8 Å². The first kappa shape index (κ1) is 60.4. The molecule has 13 nitrogen and oxygen atoms in total. The fourth-order valence-electron chi connectivity index (χ4n) is 7.51. The summed E-state index contributed by atoms with van der Waals surface area (Å²) in [6.45, 7) is 24.0. The van der Waals surface area contributed by atoms with Crippen molar-refractivity contribution in [1.82, 2.24) is 20.0 Å². The number of likely N-dealkylation sites (N-methyl/N-ethyl adjacent to an activating group) is 1. The highest BCUT2D eigenvalue weighted by molar-refractivity contribution is 5.89. The number of carbonyl (C=O) groups excluding carboxylic acids is 6. The van der Waals surface area contributed by atoms with Gasteiger partial charge < -0.3 is 24.0 Å². The molecule has 368 valence electrons. The predicted molar refractivity (Wildman–Crippen MR) is 254 cm³/mol. The number of carbonyl (C=O) groups is 6. The first-order valence-electron chi connectivity index (χ1n) is 24.4. The number of ether oxygens (including phenoxy) is 3. The normalized spacial score (nSPS) is 18.5. The number of esters is 2. The Hall–Kier alpha value is -2.58. The van der Waals surface area contributed by atoms with Crippen molar-refractivity contribution < 1.29 is 43.0 Å². The molecule has 0 amide bonds. The van der Waals surface area contributed by atoms with Crippen LogP contribution in [0.2, 0.25) is 0 Å². The van der Waals surface area contributed by atoms with E-state index in [0.717, 1.165) is 117 Å². The van der Waals surface area contributed by atoms with Crippen molar-refractivity contribution in [1.29, 1.82) is 0 Å². The van der Waals surface area contributed by atoms with Gasteiger partial charge in [-0.3, -0.25) is 39.0 Å². The topological polar surface area (TPSA) is 152 Å². The van der Waals surface area contributed by atoms with Crippen molar-refractivity contribution in [3.63, 3.8) is 0 Å². The lowest BCUT2D eigenvalue weighted by molar-refractivity contribution is -0.156. The molecule has 0 saturated carbocycles. The number of nitrogens with zero attached hydrogens (tertiary/aromatic N) is 3. The summed E-state index contributed by atoms with van der Waals surface area (Å²) in [5.41, 5.74) is -1.02. The van der Waals surface area contributed by atoms with Gasteiger partial charge in [0.25, 0.3) is 0 Å². The standard InChI is InChI=1S/C23H45N3O4.C23H41NO4.C4H8O/c1-8-20(28)18-26(7)16-12-11-15-25(6)14-10-9-13-21(19(2)27)24-17-22(29)30-23(3,4)5;1-6-20(25)17-19-12-8-10-16-24(5)15-9-7-11-18(22(19)27)13-14-21(26)28-23(2,3)4;1-2-4-5-3-1/h21,24H,8-18H2,1-7H3;18-19H,6-17H2,1-5H3;1-4H2. The molecule has 2 fully saturated rings. The van der Waals surface area contributed by atoms with E-state index in [0.29, 0.717) is 38.0 Å². The summed E-state index contributed by atoms with van der Waals surface area (Å²) in [4.78, 5) is 79.3. The van der Waals surface area contributed by atoms with Gasteiger partial charge in [-0.25, -0.2) is 0 Å². The molecule has 2 aliphatic heterocycles. The molecular formula is C50H94N4O9. The van der Waals surface area contributed by atoms with Gasteiger partial charge >= 0.3 is 11.9 Å². The first-order valence-corrected chi connectivity index (χ1v) is 24.4. The lowest BCUT2D eigenvalue weighted by atomic mass is 9.81. The summed E-state index contributed by atoms with van der Waals surface area (Å²) in [5.74, 6) is -0.220. The Bertz CT molecular complexity index is 1280. The quantitative estimate of drug-likeness (QED) is 0.0779. The maximum Gasteiger partial charge on any atom is 0.320 e. The molecule has 0 bridgehead atoms. The molecule has 13 heteroatoms. The second-order valence-corrected chi connectivity index (χ2v) is 19.9. The summed E-state index contributed by atoms with van der Waals surface area (Å²) < 4.78 is 15.6. The van der Waals surface area contributed by atoms with Gasteiger partial charge in [0.05, 0.1) is 19.1 Å². The average Bonchev–Trinajstić information content (AvgIpc) is 3.79. The zero-order valence-electron chi connectivity index (χ0n) is 42.3. The maximum absolute atomic E-state index is 13.3. The highest BCUT2D eigenvalue weighted by Gasteiger charge is 2.29. The van der Waals surface area contributed by atoms with E-state index < -0.39 is 11.2 Å². The van der Waals surface area contributed by atoms with Crippen molar-refractivity contribution in [2.75, 3.05) is 80.2 Å². The highest BCUT2D eigenvalue weighted by atomic mass is 16.6. The third kappa shape index (κ3) is 35.4. The van der Waals surface area contributed by atoms with E-state index in [2.05, 4.69) is 34.1 Å². The number of nitrogens with one attached hydrogen (secondary N) is 1.